The summed E-state index contributed by atoms with van der Waals surface area (Å²) in [5.74, 6) is -0.0856. The number of hydrogen-bond acceptors (Lipinski definition) is 5. The van der Waals surface area contributed by atoms with Crippen LogP contribution in [0.15, 0.2) is 18.5 Å². The molecule has 1 amide bonds. The summed E-state index contributed by atoms with van der Waals surface area (Å²) in [4.78, 5) is 12.6. The van der Waals surface area contributed by atoms with Gasteiger partial charge in [-0.25, -0.2) is 13.1 Å². The minimum absolute atomic E-state index is 0. The third kappa shape index (κ3) is 4.90. The molecule has 0 unspecified atom stereocenters. The number of amides is 1. The summed E-state index contributed by atoms with van der Waals surface area (Å²) in [6, 6.07) is 1.80. The molecule has 10 heteroatoms. The molecule has 1 aliphatic rings. The highest BCUT2D eigenvalue weighted by Gasteiger charge is 2.41. The molecular formula is C13H24ClN5O3S. The molecule has 0 spiro atoms. The number of aromatic nitrogens is 2. The van der Waals surface area contributed by atoms with Crippen molar-refractivity contribution in [3.63, 3.8) is 0 Å². The molecule has 1 fully saturated rings. The van der Waals surface area contributed by atoms with E-state index in [1.54, 1.807) is 30.1 Å². The van der Waals surface area contributed by atoms with Crippen LogP contribution in [0.4, 0.5) is 0 Å². The molecule has 1 aromatic rings. The lowest BCUT2D eigenvalue weighted by atomic mass is 9.87. The van der Waals surface area contributed by atoms with E-state index in [1.807, 2.05) is 0 Å². The van der Waals surface area contributed by atoms with E-state index in [4.69, 9.17) is 0 Å². The van der Waals surface area contributed by atoms with Gasteiger partial charge in [-0.15, -0.1) is 12.4 Å². The van der Waals surface area contributed by atoms with E-state index in [2.05, 4.69) is 20.5 Å². The topological polar surface area (TPSA) is 105 Å². The molecule has 0 aliphatic carbocycles. The SMILES string of the molecule is CCS(=O)(=O)NCCNC(=O)C1(n2cccn2)CCNCC1.Cl. The molecule has 1 saturated heterocycles. The first kappa shape index (κ1) is 19.9. The Kier molecular flexibility index (Phi) is 7.46. The zero-order chi connectivity index (χ0) is 16.1. The van der Waals surface area contributed by atoms with E-state index in [-0.39, 0.29) is 37.2 Å². The minimum atomic E-state index is -3.23. The van der Waals surface area contributed by atoms with Gasteiger partial charge >= 0.3 is 0 Å². The second kappa shape index (κ2) is 8.62. The summed E-state index contributed by atoms with van der Waals surface area (Å²) in [5.41, 5.74) is -0.696. The van der Waals surface area contributed by atoms with E-state index < -0.39 is 15.6 Å². The maximum atomic E-state index is 12.6. The largest absolute Gasteiger partial charge is 0.353 e. The van der Waals surface area contributed by atoms with Gasteiger partial charge in [-0.05, 0) is 38.9 Å². The number of nitrogens with one attached hydrogen (secondary N) is 3. The molecule has 1 aliphatic heterocycles. The lowest BCUT2D eigenvalue weighted by molar-refractivity contribution is -0.131. The Morgan fingerprint density at radius 2 is 2.04 bits per heavy atom. The Balaban J connectivity index is 0.00000264. The van der Waals surface area contributed by atoms with E-state index in [1.165, 1.54) is 0 Å². The number of carbonyl (C=O) groups excluding carboxylic acids is 1. The highest BCUT2D eigenvalue weighted by Crippen LogP contribution is 2.26. The van der Waals surface area contributed by atoms with Crippen molar-refractivity contribution in [1.29, 1.82) is 0 Å². The maximum Gasteiger partial charge on any atom is 0.248 e. The molecule has 8 nitrogen and oxygen atoms in total. The van der Waals surface area contributed by atoms with Gasteiger partial charge in [0.15, 0.2) is 0 Å². The van der Waals surface area contributed by atoms with Crippen molar-refractivity contribution in [2.24, 2.45) is 0 Å². The third-order valence-corrected chi connectivity index (χ3v) is 5.31. The Morgan fingerprint density at radius 1 is 1.35 bits per heavy atom. The zero-order valence-electron chi connectivity index (χ0n) is 13.1. The van der Waals surface area contributed by atoms with Crippen LogP contribution < -0.4 is 15.4 Å². The third-order valence-electron chi connectivity index (χ3n) is 3.91. The molecule has 2 heterocycles. The van der Waals surface area contributed by atoms with Crippen molar-refractivity contribution in [2.75, 3.05) is 31.9 Å². The number of sulfonamides is 1. The van der Waals surface area contributed by atoms with Gasteiger partial charge in [0.1, 0.15) is 5.54 Å². The van der Waals surface area contributed by atoms with Crippen molar-refractivity contribution in [2.45, 2.75) is 25.3 Å². The summed E-state index contributed by atoms with van der Waals surface area (Å²) in [5, 5.41) is 10.3. The molecule has 23 heavy (non-hydrogen) atoms. The number of nitrogens with zero attached hydrogens (tertiary/aromatic N) is 2. The van der Waals surface area contributed by atoms with E-state index in [0.717, 1.165) is 13.1 Å². The first-order chi connectivity index (χ1) is 10.5. The number of rotatable bonds is 7. The summed E-state index contributed by atoms with van der Waals surface area (Å²) < 4.78 is 26.8. The van der Waals surface area contributed by atoms with Crippen LogP contribution in [0.3, 0.4) is 0 Å². The van der Waals surface area contributed by atoms with Gasteiger partial charge in [0.2, 0.25) is 15.9 Å². The van der Waals surface area contributed by atoms with Crippen molar-refractivity contribution < 1.29 is 13.2 Å². The van der Waals surface area contributed by atoms with Crippen LogP contribution in [0.25, 0.3) is 0 Å². The van der Waals surface area contributed by atoms with Crippen molar-refractivity contribution in [1.82, 2.24) is 25.1 Å². The van der Waals surface area contributed by atoms with Crippen LogP contribution in [0.1, 0.15) is 19.8 Å². The van der Waals surface area contributed by atoms with Crippen LogP contribution >= 0.6 is 12.4 Å². The van der Waals surface area contributed by atoms with Gasteiger partial charge in [0.05, 0.1) is 5.75 Å². The smallest absolute Gasteiger partial charge is 0.248 e. The summed E-state index contributed by atoms with van der Waals surface area (Å²) in [6.07, 6.45) is 4.76. The number of carbonyl (C=O) groups is 1. The Labute approximate surface area is 142 Å². The Hall–Kier alpha value is -1.16. The Morgan fingerprint density at radius 3 is 2.61 bits per heavy atom. The minimum Gasteiger partial charge on any atom is -0.353 e. The molecule has 0 atom stereocenters. The second-order valence-corrected chi connectivity index (χ2v) is 7.38. The fraction of sp³-hybridized carbons (Fsp3) is 0.692. The highest BCUT2D eigenvalue weighted by atomic mass is 35.5. The van der Waals surface area contributed by atoms with Crippen LogP contribution in [0.2, 0.25) is 0 Å². The molecule has 0 saturated carbocycles. The first-order valence-corrected chi connectivity index (χ1v) is 9.12. The van der Waals surface area contributed by atoms with Gasteiger partial charge in [-0.3, -0.25) is 9.48 Å². The molecule has 0 bridgehead atoms. The summed E-state index contributed by atoms with van der Waals surface area (Å²) >= 11 is 0. The molecule has 1 aromatic heterocycles. The molecule has 132 valence electrons. The van der Waals surface area contributed by atoms with E-state index >= 15 is 0 Å². The average Bonchev–Trinajstić information content (AvgIpc) is 3.07. The van der Waals surface area contributed by atoms with Crippen LogP contribution in [0, 0.1) is 0 Å². The first-order valence-electron chi connectivity index (χ1n) is 7.47. The van der Waals surface area contributed by atoms with Crippen LogP contribution in [-0.4, -0.2) is 56.0 Å². The van der Waals surface area contributed by atoms with E-state index in [9.17, 15) is 13.2 Å². The fourth-order valence-electron chi connectivity index (χ4n) is 2.57. The lowest BCUT2D eigenvalue weighted by Gasteiger charge is -2.36. The van der Waals surface area contributed by atoms with Gasteiger partial charge in [-0.2, -0.15) is 5.10 Å². The fourth-order valence-corrected chi connectivity index (χ4v) is 3.19. The predicted octanol–water partition coefficient (Wildman–Crippen LogP) is -0.561. The normalized spacial score (nSPS) is 17.3. The van der Waals surface area contributed by atoms with Crippen LogP contribution in [-0.2, 0) is 20.4 Å². The lowest BCUT2D eigenvalue weighted by Crippen LogP contribution is -2.55. The second-order valence-electron chi connectivity index (χ2n) is 5.29. The molecule has 0 radical (unpaired) electrons. The van der Waals surface area contributed by atoms with Crippen molar-refractivity contribution in [3.05, 3.63) is 18.5 Å². The standard InChI is InChI=1S/C13H23N5O3S.ClH/c1-2-22(20,21)17-10-9-15-12(19)13(4-7-14-8-5-13)18-11-3-6-16-18;/h3,6,11,14,17H,2,4-5,7-10H2,1H3,(H,15,19);1H. The number of hydrogen-bond donors (Lipinski definition) is 3. The van der Waals surface area contributed by atoms with Crippen molar-refractivity contribution >= 4 is 28.3 Å². The molecule has 0 aromatic carbocycles. The molecular weight excluding hydrogens is 342 g/mol. The van der Waals surface area contributed by atoms with Crippen molar-refractivity contribution in [3.8, 4) is 0 Å². The average molecular weight is 366 g/mol. The zero-order valence-corrected chi connectivity index (χ0v) is 14.8. The number of halogens is 1. The summed E-state index contributed by atoms with van der Waals surface area (Å²) in [6.45, 7) is 3.51. The predicted molar refractivity (Wildman–Crippen MR) is 90.0 cm³/mol. The van der Waals surface area contributed by atoms with Gasteiger partial charge in [-0.1, -0.05) is 0 Å². The van der Waals surface area contributed by atoms with E-state index in [0.29, 0.717) is 12.8 Å². The van der Waals surface area contributed by atoms with Gasteiger partial charge < -0.3 is 10.6 Å². The Bertz CT molecular complexity index is 585. The van der Waals surface area contributed by atoms with Gasteiger partial charge in [0.25, 0.3) is 0 Å². The number of piperidine rings is 1. The monoisotopic (exact) mass is 365 g/mol. The molecule has 3 N–H and O–H groups in total. The van der Waals surface area contributed by atoms with Crippen LogP contribution in [0.5, 0.6) is 0 Å². The van der Waals surface area contributed by atoms with Gasteiger partial charge in [0, 0.05) is 25.5 Å². The quantitative estimate of drug-likeness (QED) is 0.562. The maximum absolute atomic E-state index is 12.6. The summed E-state index contributed by atoms with van der Waals surface area (Å²) in [7, 11) is -3.23. The highest BCUT2D eigenvalue weighted by molar-refractivity contribution is 7.89. The molecule has 2 rings (SSSR count).